The number of hydrogen-bond acceptors (Lipinski definition) is 0. The zero-order chi connectivity index (χ0) is 29.5. The van der Waals surface area contributed by atoms with Crippen molar-refractivity contribution in [2.24, 2.45) is 0 Å². The van der Waals surface area contributed by atoms with Crippen molar-refractivity contribution in [2.75, 3.05) is 0 Å². The van der Waals surface area contributed by atoms with Crippen molar-refractivity contribution in [3.05, 3.63) is 93.6 Å². The molecule has 4 rings (SSSR count). The number of hydrogen-bond donors (Lipinski definition) is 0. The van der Waals surface area contributed by atoms with E-state index < -0.39 is 21.7 Å². The number of nitrogens with zero attached hydrogens (tertiary/aromatic N) is 1. The van der Waals surface area contributed by atoms with Crippen LogP contribution in [0.1, 0.15) is 103 Å². The summed E-state index contributed by atoms with van der Waals surface area (Å²) in [4.78, 5) is 0. The molecule has 1 aliphatic rings. The van der Waals surface area contributed by atoms with Crippen molar-refractivity contribution in [1.82, 2.24) is 0 Å². The molecule has 0 spiro atoms. The molecule has 0 fully saturated rings. The van der Waals surface area contributed by atoms with Crippen LogP contribution in [0.2, 0.25) is 0 Å². The SMILES string of the molecule is CC(C)P(=[N-])(c1ccccc1C1c2cc(C(C)(C)C)ccc2-c2ccc(C(C)(C)C)cc21)C(C)C.[Cl][Ti+]([Cl])[Cl]. The van der Waals surface area contributed by atoms with Gasteiger partial charge in [-0.2, -0.15) is 7.05 Å². The Kier molecular flexibility index (Phi) is 10.5. The van der Waals surface area contributed by atoms with Crippen molar-refractivity contribution in [1.29, 1.82) is 0 Å². The van der Waals surface area contributed by atoms with E-state index in [1.807, 2.05) is 0 Å². The first-order valence-electron chi connectivity index (χ1n) is 13.7. The summed E-state index contributed by atoms with van der Waals surface area (Å²) in [5.41, 5.74) is 10.0. The fourth-order valence-corrected chi connectivity index (χ4v) is 8.99. The van der Waals surface area contributed by atoms with E-state index in [2.05, 4.69) is 130 Å². The predicted molar refractivity (Wildman–Crippen MR) is 174 cm³/mol. The van der Waals surface area contributed by atoms with Crippen molar-refractivity contribution in [2.45, 2.75) is 97.3 Å². The van der Waals surface area contributed by atoms with Crippen LogP contribution in [-0.4, -0.2) is 11.3 Å². The Morgan fingerprint density at radius 3 is 1.41 bits per heavy atom. The van der Waals surface area contributed by atoms with E-state index in [-0.39, 0.29) is 28.1 Å². The summed E-state index contributed by atoms with van der Waals surface area (Å²) in [6, 6.07) is 22.9. The van der Waals surface area contributed by atoms with Crippen molar-refractivity contribution in [3.8, 4) is 11.1 Å². The molecule has 0 saturated carbocycles. The fourth-order valence-electron chi connectivity index (χ4n) is 5.74. The van der Waals surface area contributed by atoms with Gasteiger partial charge in [-0.3, -0.25) is 0 Å². The van der Waals surface area contributed by atoms with Gasteiger partial charge in [-0.15, -0.1) is 0 Å². The molecule has 0 heterocycles. The summed E-state index contributed by atoms with van der Waals surface area (Å²) >= 11 is -1.92. The second-order valence-corrected chi connectivity index (χ2v) is 25.0. The van der Waals surface area contributed by atoms with Gasteiger partial charge in [0.15, 0.2) is 0 Å². The molecular weight excluding hydrogens is 596 g/mol. The van der Waals surface area contributed by atoms with Gasteiger partial charge in [-0.1, -0.05) is 130 Å². The molecule has 0 aromatic heterocycles. The molecule has 0 amide bonds. The molecule has 0 aliphatic heterocycles. The van der Waals surface area contributed by atoms with Gasteiger partial charge in [-0.05, 0) is 66.4 Å². The minimum absolute atomic E-state index is 0.0774. The average Bonchev–Trinajstić information content (AvgIpc) is 3.14. The number of halogens is 3. The van der Waals surface area contributed by atoms with Crippen molar-refractivity contribution < 1.29 is 14.7 Å². The molecule has 0 saturated heterocycles. The predicted octanol–water partition coefficient (Wildman–Crippen LogP) is 11.7. The molecule has 0 bridgehead atoms. The molecule has 1 nitrogen and oxygen atoms in total. The number of fused-ring (bicyclic) bond motifs is 3. The Hall–Kier alpha value is -0.526. The van der Waals surface area contributed by atoms with Crippen LogP contribution in [0.15, 0.2) is 60.7 Å². The molecule has 1 aliphatic carbocycles. The first-order chi connectivity index (χ1) is 17.9. The third-order valence-electron chi connectivity index (χ3n) is 7.96. The first kappa shape index (κ1) is 33.0. The topological polar surface area (TPSA) is 22.3 Å². The Morgan fingerprint density at radius 1 is 0.667 bits per heavy atom. The van der Waals surface area contributed by atoms with Crippen LogP contribution in [0.25, 0.3) is 16.3 Å². The minimum atomic E-state index is -2.37. The molecule has 0 N–H and O–H groups in total. The van der Waals surface area contributed by atoms with Crippen LogP contribution in [0.5, 0.6) is 0 Å². The molecule has 39 heavy (non-hydrogen) atoms. The summed E-state index contributed by atoms with van der Waals surface area (Å²) in [6.07, 6.45) is 0. The molecular formula is C33H43Cl3NPTi. The third-order valence-corrected chi connectivity index (χ3v) is 12.3. The van der Waals surface area contributed by atoms with E-state index in [1.165, 1.54) is 44.2 Å². The van der Waals surface area contributed by atoms with Crippen LogP contribution < -0.4 is 5.30 Å². The van der Waals surface area contributed by atoms with E-state index >= 15 is 0 Å². The van der Waals surface area contributed by atoms with Crippen LogP contribution >= 0.6 is 35.0 Å². The number of benzene rings is 3. The van der Waals surface area contributed by atoms with Gasteiger partial charge >= 0.3 is 42.6 Å². The second-order valence-electron chi connectivity index (χ2n) is 13.2. The standard InChI is InChI=1S/C33H43NP.3ClH.Ti/c1-21(2)35(34,22(3)4)30-14-12-11-13-27(30)31-28-19-23(32(5,6)7)15-17-25(28)26-18-16-24(20-29(26)31)33(8,9)10;;;;/h11-22,31H,1-10H3;3*1H;/q-1;;;;+4/p-3. The summed E-state index contributed by atoms with van der Waals surface area (Å²) in [5.74, 6) is 0.129. The van der Waals surface area contributed by atoms with Gasteiger partial charge in [0.25, 0.3) is 0 Å². The summed E-state index contributed by atoms with van der Waals surface area (Å²) < 4.78 is 0. The van der Waals surface area contributed by atoms with E-state index in [0.717, 1.165) is 0 Å². The van der Waals surface area contributed by atoms with Crippen LogP contribution in [0, 0.1) is 0 Å². The summed E-state index contributed by atoms with van der Waals surface area (Å²) in [5, 5.41) is 13.4. The van der Waals surface area contributed by atoms with Gasteiger partial charge in [0, 0.05) is 5.92 Å². The van der Waals surface area contributed by atoms with Crippen LogP contribution in [0.3, 0.4) is 0 Å². The van der Waals surface area contributed by atoms with Crippen molar-refractivity contribution >= 4 is 40.3 Å². The maximum absolute atomic E-state index is 12.3. The molecule has 0 radical (unpaired) electrons. The van der Waals surface area contributed by atoms with Gasteiger partial charge < -0.3 is 5.16 Å². The Bertz CT molecular complexity index is 1290. The summed E-state index contributed by atoms with van der Waals surface area (Å²) in [6.45, 7) is 22.5. The molecule has 6 heteroatoms. The van der Waals surface area contributed by atoms with Gasteiger partial charge in [0.2, 0.25) is 0 Å². The van der Waals surface area contributed by atoms with E-state index in [9.17, 15) is 5.16 Å². The van der Waals surface area contributed by atoms with Gasteiger partial charge in [0.1, 0.15) is 0 Å². The third kappa shape index (κ3) is 6.93. The van der Waals surface area contributed by atoms with E-state index in [0.29, 0.717) is 0 Å². The molecule has 0 unspecified atom stereocenters. The Labute approximate surface area is 255 Å². The molecule has 210 valence electrons. The first-order valence-corrected chi connectivity index (χ1v) is 22.1. The van der Waals surface area contributed by atoms with Crippen LogP contribution in [0.4, 0.5) is 0 Å². The van der Waals surface area contributed by atoms with E-state index in [4.69, 9.17) is 27.9 Å². The van der Waals surface area contributed by atoms with Crippen molar-refractivity contribution in [3.63, 3.8) is 0 Å². The molecule has 3 aromatic rings. The van der Waals surface area contributed by atoms with E-state index in [1.54, 1.807) is 0 Å². The summed E-state index contributed by atoms with van der Waals surface area (Å²) in [7, 11) is 12.5. The maximum atomic E-state index is 12.3. The van der Waals surface area contributed by atoms with Gasteiger partial charge in [0.05, 0.1) is 0 Å². The Morgan fingerprint density at radius 2 is 1.05 bits per heavy atom. The second kappa shape index (κ2) is 12.4. The zero-order valence-corrected chi connectivity index (χ0v) is 29.8. The zero-order valence-electron chi connectivity index (χ0n) is 25.0. The van der Waals surface area contributed by atoms with Crippen LogP contribution in [-0.2, 0) is 25.5 Å². The average molecular weight is 639 g/mol. The van der Waals surface area contributed by atoms with Gasteiger partial charge in [-0.25, -0.2) is 0 Å². The Balaban J connectivity index is 0.000000983. The quantitative estimate of drug-likeness (QED) is 0.157. The number of rotatable bonds is 4. The fraction of sp³-hybridized carbons (Fsp3) is 0.455. The molecule has 3 aromatic carbocycles. The molecule has 0 atom stereocenters. The monoisotopic (exact) mass is 637 g/mol. The normalized spacial score (nSPS) is 13.7.